The topological polar surface area (TPSA) is 75.0 Å². The van der Waals surface area contributed by atoms with Gasteiger partial charge in [-0.05, 0) is 19.1 Å². The summed E-state index contributed by atoms with van der Waals surface area (Å²) in [5, 5.41) is 14.0. The first-order valence-corrected chi connectivity index (χ1v) is 7.17. The summed E-state index contributed by atoms with van der Waals surface area (Å²) in [5.74, 6) is 0.147. The summed E-state index contributed by atoms with van der Waals surface area (Å²) < 4.78 is 5.47. The molecule has 0 unspecified atom stereocenters. The minimum absolute atomic E-state index is 0.00245. The van der Waals surface area contributed by atoms with Crippen LogP contribution in [0.4, 0.5) is 5.13 Å². The highest BCUT2D eigenvalue weighted by Gasteiger charge is 2.12. The second-order valence-corrected chi connectivity index (χ2v) is 4.83. The molecule has 1 N–H and O–H groups in total. The van der Waals surface area contributed by atoms with Gasteiger partial charge in [0.2, 0.25) is 0 Å². The molecule has 0 fully saturated rings. The number of hydrogen-bond acceptors (Lipinski definition) is 5. The molecule has 21 heavy (non-hydrogen) atoms. The van der Waals surface area contributed by atoms with Gasteiger partial charge in [0.15, 0.2) is 5.13 Å². The second kappa shape index (κ2) is 7.22. The highest BCUT2D eigenvalue weighted by molar-refractivity contribution is 7.13. The SMILES string of the molecule is CCOc1ccccc1/C=C(\C#N)C(=O)Nc1nccs1. The molecule has 0 bridgehead atoms. The molecule has 0 spiro atoms. The molecular weight excluding hydrogens is 286 g/mol. The van der Waals surface area contributed by atoms with Crippen LogP contribution in [0.1, 0.15) is 12.5 Å². The average Bonchev–Trinajstić information content (AvgIpc) is 2.99. The van der Waals surface area contributed by atoms with Crippen molar-refractivity contribution in [3.05, 3.63) is 47.0 Å². The summed E-state index contributed by atoms with van der Waals surface area (Å²) in [4.78, 5) is 16.0. The highest BCUT2D eigenvalue weighted by atomic mass is 32.1. The number of thiazole rings is 1. The summed E-state index contributed by atoms with van der Waals surface area (Å²) >= 11 is 1.29. The molecule has 1 aromatic heterocycles. The van der Waals surface area contributed by atoms with E-state index in [1.165, 1.54) is 17.4 Å². The quantitative estimate of drug-likeness (QED) is 0.680. The molecule has 106 valence electrons. The van der Waals surface area contributed by atoms with Crippen LogP contribution < -0.4 is 10.1 Å². The summed E-state index contributed by atoms with van der Waals surface area (Å²) in [6.07, 6.45) is 3.09. The number of hydrogen-bond donors (Lipinski definition) is 1. The van der Waals surface area contributed by atoms with Gasteiger partial charge >= 0.3 is 0 Å². The Morgan fingerprint density at radius 2 is 2.33 bits per heavy atom. The van der Waals surface area contributed by atoms with Crippen molar-refractivity contribution in [1.82, 2.24) is 4.98 Å². The standard InChI is InChI=1S/C15H13N3O2S/c1-2-20-13-6-4-3-5-11(13)9-12(10-16)14(19)18-15-17-7-8-21-15/h3-9H,2H2,1H3,(H,17,18,19)/b12-9+. The molecule has 0 saturated heterocycles. The van der Waals surface area contributed by atoms with Gasteiger partial charge < -0.3 is 4.74 Å². The number of anilines is 1. The molecule has 0 aliphatic carbocycles. The van der Waals surface area contributed by atoms with Gasteiger partial charge in [0.25, 0.3) is 5.91 Å². The molecule has 2 rings (SSSR count). The largest absolute Gasteiger partial charge is 0.493 e. The Hall–Kier alpha value is -2.65. The maximum absolute atomic E-state index is 12.0. The predicted octanol–water partition coefficient (Wildman–Crippen LogP) is 3.09. The maximum atomic E-state index is 12.0. The number of ether oxygens (including phenoxy) is 1. The Bertz CT molecular complexity index is 687. The van der Waals surface area contributed by atoms with Gasteiger partial charge in [-0.2, -0.15) is 5.26 Å². The molecule has 5 nitrogen and oxygen atoms in total. The van der Waals surface area contributed by atoms with E-state index >= 15 is 0 Å². The van der Waals surface area contributed by atoms with Crippen LogP contribution in [-0.4, -0.2) is 17.5 Å². The zero-order valence-electron chi connectivity index (χ0n) is 11.4. The number of aromatic nitrogens is 1. The van der Waals surface area contributed by atoms with Crippen molar-refractivity contribution in [3.8, 4) is 11.8 Å². The summed E-state index contributed by atoms with van der Waals surface area (Å²) in [6, 6.07) is 9.15. The monoisotopic (exact) mass is 299 g/mol. The first-order chi connectivity index (χ1) is 10.2. The van der Waals surface area contributed by atoms with Gasteiger partial charge in [0, 0.05) is 17.1 Å². The van der Waals surface area contributed by atoms with Gasteiger partial charge in [-0.3, -0.25) is 10.1 Å². The van der Waals surface area contributed by atoms with Gasteiger partial charge in [-0.1, -0.05) is 18.2 Å². The van der Waals surface area contributed by atoms with Crippen LogP contribution in [0.2, 0.25) is 0 Å². The Morgan fingerprint density at radius 1 is 1.52 bits per heavy atom. The smallest absolute Gasteiger partial charge is 0.268 e. The lowest BCUT2D eigenvalue weighted by Crippen LogP contribution is -2.13. The molecule has 0 saturated carbocycles. The second-order valence-electron chi connectivity index (χ2n) is 3.93. The van der Waals surface area contributed by atoms with Crippen LogP contribution in [0.15, 0.2) is 41.4 Å². The van der Waals surface area contributed by atoms with E-state index < -0.39 is 5.91 Å². The van der Waals surface area contributed by atoms with Gasteiger partial charge in [0.1, 0.15) is 17.4 Å². The zero-order valence-corrected chi connectivity index (χ0v) is 12.2. The fourth-order valence-electron chi connectivity index (χ4n) is 1.64. The number of carbonyl (C=O) groups is 1. The molecule has 0 aliphatic rings. The van der Waals surface area contributed by atoms with Crippen molar-refractivity contribution >= 4 is 28.5 Å². The van der Waals surface area contributed by atoms with Crippen molar-refractivity contribution in [2.45, 2.75) is 6.92 Å². The third kappa shape index (κ3) is 3.91. The number of rotatable bonds is 5. The van der Waals surface area contributed by atoms with E-state index in [4.69, 9.17) is 4.74 Å². The van der Waals surface area contributed by atoms with E-state index in [1.54, 1.807) is 23.7 Å². The van der Waals surface area contributed by atoms with Crippen molar-refractivity contribution in [2.24, 2.45) is 0 Å². The molecule has 0 atom stereocenters. The molecular formula is C15H13N3O2S. The third-order valence-corrected chi connectivity index (χ3v) is 3.23. The van der Waals surface area contributed by atoms with Gasteiger partial charge in [-0.25, -0.2) is 4.98 Å². The third-order valence-electron chi connectivity index (χ3n) is 2.54. The van der Waals surface area contributed by atoms with E-state index in [0.717, 1.165) is 0 Å². The normalized spacial score (nSPS) is 10.8. The fourth-order valence-corrected chi connectivity index (χ4v) is 2.16. The summed E-state index contributed by atoms with van der Waals surface area (Å²) in [5.41, 5.74) is 0.683. The molecule has 1 heterocycles. The van der Waals surface area contributed by atoms with Gasteiger partial charge in [-0.15, -0.1) is 11.3 Å². The lowest BCUT2D eigenvalue weighted by atomic mass is 10.1. The molecule has 1 amide bonds. The number of para-hydroxylation sites is 1. The fraction of sp³-hybridized carbons (Fsp3) is 0.133. The van der Waals surface area contributed by atoms with Crippen LogP contribution in [0, 0.1) is 11.3 Å². The van der Waals surface area contributed by atoms with Crippen LogP contribution in [0.25, 0.3) is 6.08 Å². The van der Waals surface area contributed by atoms with Crippen molar-refractivity contribution < 1.29 is 9.53 Å². The molecule has 1 aromatic carbocycles. The minimum atomic E-state index is -0.487. The summed E-state index contributed by atoms with van der Waals surface area (Å²) in [7, 11) is 0. The number of carbonyl (C=O) groups excluding carboxylic acids is 1. The van der Waals surface area contributed by atoms with Crippen LogP contribution in [-0.2, 0) is 4.79 Å². The van der Waals surface area contributed by atoms with Gasteiger partial charge in [0.05, 0.1) is 6.61 Å². The van der Waals surface area contributed by atoms with Crippen LogP contribution in [0.3, 0.4) is 0 Å². The first kappa shape index (κ1) is 14.8. The predicted molar refractivity (Wildman–Crippen MR) is 81.9 cm³/mol. The van der Waals surface area contributed by atoms with E-state index in [-0.39, 0.29) is 5.57 Å². The number of nitrogens with one attached hydrogen (secondary N) is 1. The Kier molecular flexibility index (Phi) is 5.07. The number of benzene rings is 1. The lowest BCUT2D eigenvalue weighted by Gasteiger charge is -2.07. The minimum Gasteiger partial charge on any atom is -0.493 e. The Morgan fingerprint density at radius 3 is 3.00 bits per heavy atom. The van der Waals surface area contributed by atoms with Crippen molar-refractivity contribution in [3.63, 3.8) is 0 Å². The Labute approximate surface area is 126 Å². The lowest BCUT2D eigenvalue weighted by molar-refractivity contribution is -0.112. The first-order valence-electron chi connectivity index (χ1n) is 6.29. The average molecular weight is 299 g/mol. The molecule has 0 radical (unpaired) electrons. The summed E-state index contributed by atoms with van der Waals surface area (Å²) in [6.45, 7) is 2.39. The van der Waals surface area contributed by atoms with E-state index in [0.29, 0.717) is 23.1 Å². The van der Waals surface area contributed by atoms with Crippen LogP contribution >= 0.6 is 11.3 Å². The molecule has 0 aliphatic heterocycles. The van der Waals surface area contributed by atoms with E-state index in [9.17, 15) is 10.1 Å². The number of nitrogens with zero attached hydrogens (tertiary/aromatic N) is 2. The zero-order chi connectivity index (χ0) is 15.1. The Balaban J connectivity index is 2.24. The highest BCUT2D eigenvalue weighted by Crippen LogP contribution is 2.21. The van der Waals surface area contributed by atoms with Crippen LogP contribution in [0.5, 0.6) is 5.75 Å². The van der Waals surface area contributed by atoms with E-state index in [1.807, 2.05) is 25.1 Å². The molecule has 2 aromatic rings. The molecule has 6 heteroatoms. The van der Waals surface area contributed by atoms with E-state index in [2.05, 4.69) is 10.3 Å². The van der Waals surface area contributed by atoms with Crippen molar-refractivity contribution in [1.29, 1.82) is 5.26 Å². The maximum Gasteiger partial charge on any atom is 0.268 e. The van der Waals surface area contributed by atoms with Crippen molar-refractivity contribution in [2.75, 3.05) is 11.9 Å². The number of nitriles is 1. The number of amides is 1.